The molecule has 0 atom stereocenters. The first-order valence-corrected chi connectivity index (χ1v) is 5.95. The van der Waals surface area contributed by atoms with Crippen LogP contribution >= 0.6 is 11.6 Å². The van der Waals surface area contributed by atoms with Crippen LogP contribution in [0.25, 0.3) is 0 Å². The highest BCUT2D eigenvalue weighted by atomic mass is 35.5. The Morgan fingerprint density at radius 3 is 2.78 bits per heavy atom. The molecule has 0 fully saturated rings. The molecule has 0 radical (unpaired) electrons. The maximum Gasteiger partial charge on any atom is 0.325 e. The minimum atomic E-state index is -0.343. The zero-order valence-corrected chi connectivity index (χ0v) is 10.6. The van der Waals surface area contributed by atoms with Crippen molar-refractivity contribution in [2.24, 2.45) is 4.99 Å². The van der Waals surface area contributed by atoms with Crippen LogP contribution < -0.4 is 9.79 Å². The predicted molar refractivity (Wildman–Crippen MR) is 64.6 cm³/mol. The van der Waals surface area contributed by atoms with Gasteiger partial charge in [0.2, 0.25) is 11.8 Å². The van der Waals surface area contributed by atoms with Gasteiger partial charge in [-0.1, -0.05) is 30.3 Å². The average Bonchev–Trinajstić information content (AvgIpc) is 2.72. The quantitative estimate of drug-likeness (QED) is 0.361. The van der Waals surface area contributed by atoms with Crippen molar-refractivity contribution in [3.05, 3.63) is 41.6 Å². The molecule has 0 saturated heterocycles. The largest absolute Gasteiger partial charge is 0.862 e. The standard InChI is InChI=1S/C12H12ClN3O2/c1-9(17)14-12-11(7-13)16(15-18-12)8-10-5-3-2-4-6-10/h2-6H,7-8H2,1H3. The zero-order chi connectivity index (χ0) is 13.0. The van der Waals surface area contributed by atoms with Crippen LogP contribution in [0.15, 0.2) is 39.8 Å². The number of aliphatic imine (C=N–C) groups is 1. The second-order valence-corrected chi connectivity index (χ2v) is 4.00. The lowest BCUT2D eigenvalue weighted by Crippen LogP contribution is -2.39. The highest BCUT2D eigenvalue weighted by molar-refractivity contribution is 6.17. The first-order chi connectivity index (χ1) is 8.70. The number of nitrogens with zero attached hydrogens (tertiary/aromatic N) is 3. The highest BCUT2D eigenvalue weighted by Gasteiger charge is 2.23. The van der Waals surface area contributed by atoms with Crippen LogP contribution in [0.1, 0.15) is 18.2 Å². The molecule has 0 spiro atoms. The summed E-state index contributed by atoms with van der Waals surface area (Å²) in [7, 11) is 0. The molecule has 94 valence electrons. The second-order valence-electron chi connectivity index (χ2n) is 3.73. The van der Waals surface area contributed by atoms with Crippen molar-refractivity contribution in [2.45, 2.75) is 19.3 Å². The zero-order valence-electron chi connectivity index (χ0n) is 9.84. The SMILES string of the molecule is C/C([O-])=N/c1on[n+](Cc2ccccc2)c1CCl. The maximum atomic E-state index is 10.9. The van der Waals surface area contributed by atoms with Gasteiger partial charge in [0.05, 0.1) is 0 Å². The Morgan fingerprint density at radius 2 is 2.17 bits per heavy atom. The molecule has 1 heterocycles. The normalized spacial score (nSPS) is 11.8. The van der Waals surface area contributed by atoms with E-state index < -0.39 is 0 Å². The van der Waals surface area contributed by atoms with Crippen molar-refractivity contribution in [3.63, 3.8) is 0 Å². The molecule has 0 N–H and O–H groups in total. The van der Waals surface area contributed by atoms with Crippen LogP contribution in [-0.2, 0) is 12.4 Å². The third-order valence-electron chi connectivity index (χ3n) is 2.35. The topological polar surface area (TPSA) is 65.3 Å². The lowest BCUT2D eigenvalue weighted by atomic mass is 10.2. The van der Waals surface area contributed by atoms with Gasteiger partial charge >= 0.3 is 5.88 Å². The summed E-state index contributed by atoms with van der Waals surface area (Å²) in [5.74, 6) is 0.0143. The summed E-state index contributed by atoms with van der Waals surface area (Å²) in [4.78, 5) is 3.72. The molecule has 1 aromatic heterocycles. The Morgan fingerprint density at radius 1 is 1.44 bits per heavy atom. The minimum Gasteiger partial charge on any atom is -0.862 e. The third kappa shape index (κ3) is 2.87. The number of alkyl halides is 1. The molecule has 0 unspecified atom stereocenters. The van der Waals surface area contributed by atoms with Crippen molar-refractivity contribution in [3.8, 4) is 0 Å². The smallest absolute Gasteiger partial charge is 0.325 e. The molecule has 0 aliphatic rings. The molecule has 0 amide bonds. The maximum absolute atomic E-state index is 10.9. The van der Waals surface area contributed by atoms with E-state index >= 15 is 0 Å². The van der Waals surface area contributed by atoms with E-state index in [2.05, 4.69) is 10.3 Å². The van der Waals surface area contributed by atoms with Crippen LogP contribution in [0.4, 0.5) is 5.88 Å². The minimum absolute atomic E-state index is 0.174. The monoisotopic (exact) mass is 265 g/mol. The van der Waals surface area contributed by atoms with Gasteiger partial charge in [0.15, 0.2) is 0 Å². The lowest BCUT2D eigenvalue weighted by Gasteiger charge is -1.98. The Labute approximate surface area is 109 Å². The Kier molecular flexibility index (Phi) is 3.94. The summed E-state index contributed by atoms with van der Waals surface area (Å²) in [5, 5.41) is 14.8. The number of halogens is 1. The molecule has 2 aromatic rings. The van der Waals surface area contributed by atoms with Crippen LogP contribution in [0.3, 0.4) is 0 Å². The van der Waals surface area contributed by atoms with Crippen molar-refractivity contribution in [2.75, 3.05) is 0 Å². The highest BCUT2D eigenvalue weighted by Crippen LogP contribution is 2.16. The van der Waals surface area contributed by atoms with E-state index in [0.717, 1.165) is 5.56 Å². The van der Waals surface area contributed by atoms with Gasteiger partial charge in [-0.25, -0.2) is 4.99 Å². The van der Waals surface area contributed by atoms with Gasteiger partial charge in [-0.2, -0.15) is 0 Å². The molecular weight excluding hydrogens is 254 g/mol. The number of aromatic nitrogens is 2. The molecule has 6 heteroatoms. The molecular formula is C12H12ClN3O2. The summed E-state index contributed by atoms with van der Waals surface area (Å²) < 4.78 is 6.61. The summed E-state index contributed by atoms with van der Waals surface area (Å²) in [6.07, 6.45) is 0. The Hall–Kier alpha value is -1.88. The molecule has 1 aromatic carbocycles. The van der Waals surface area contributed by atoms with E-state index in [1.165, 1.54) is 6.92 Å². The molecule has 5 nitrogen and oxygen atoms in total. The number of rotatable bonds is 4. The van der Waals surface area contributed by atoms with Gasteiger partial charge in [-0.3, -0.25) is 4.52 Å². The van der Waals surface area contributed by atoms with Crippen LogP contribution in [0.2, 0.25) is 0 Å². The molecule has 0 aliphatic heterocycles. The van der Waals surface area contributed by atoms with Crippen molar-refractivity contribution in [1.29, 1.82) is 0 Å². The number of hydrogen-bond donors (Lipinski definition) is 0. The summed E-state index contributed by atoms with van der Waals surface area (Å²) in [6, 6.07) is 9.77. The van der Waals surface area contributed by atoms with Gasteiger partial charge in [0.25, 0.3) is 5.69 Å². The summed E-state index contributed by atoms with van der Waals surface area (Å²) in [6.45, 7) is 1.88. The molecule has 0 saturated carbocycles. The van der Waals surface area contributed by atoms with E-state index in [9.17, 15) is 5.11 Å². The first kappa shape index (κ1) is 12.6. The van der Waals surface area contributed by atoms with Crippen molar-refractivity contribution < 1.29 is 14.3 Å². The van der Waals surface area contributed by atoms with Gasteiger partial charge in [-0.15, -0.1) is 11.6 Å². The molecule has 2 rings (SSSR count). The fourth-order valence-corrected chi connectivity index (χ4v) is 1.79. The van der Waals surface area contributed by atoms with Gasteiger partial charge in [0.1, 0.15) is 5.88 Å². The summed E-state index contributed by atoms with van der Waals surface area (Å²) >= 11 is 5.84. The third-order valence-corrected chi connectivity index (χ3v) is 2.60. The van der Waals surface area contributed by atoms with E-state index in [4.69, 9.17) is 16.1 Å². The van der Waals surface area contributed by atoms with Crippen LogP contribution in [0.5, 0.6) is 0 Å². The Balaban J connectivity index is 2.29. The number of hydrogen-bond acceptors (Lipinski definition) is 4. The van der Waals surface area contributed by atoms with E-state index in [1.807, 2.05) is 30.3 Å². The second kappa shape index (κ2) is 5.64. The van der Waals surface area contributed by atoms with Gasteiger partial charge in [-0.05, 0) is 17.5 Å². The first-order valence-electron chi connectivity index (χ1n) is 5.41. The predicted octanol–water partition coefficient (Wildman–Crippen LogP) is 1.16. The van der Waals surface area contributed by atoms with Crippen LogP contribution in [-0.4, -0.2) is 11.2 Å². The fraction of sp³-hybridized carbons (Fsp3) is 0.250. The van der Waals surface area contributed by atoms with Gasteiger partial charge in [0, 0.05) is 5.56 Å². The van der Waals surface area contributed by atoms with Crippen LogP contribution in [0, 0.1) is 0 Å². The molecule has 18 heavy (non-hydrogen) atoms. The van der Waals surface area contributed by atoms with Gasteiger partial charge < -0.3 is 5.11 Å². The molecule has 0 bridgehead atoms. The van der Waals surface area contributed by atoms with E-state index in [1.54, 1.807) is 4.68 Å². The van der Waals surface area contributed by atoms with E-state index in [0.29, 0.717) is 12.2 Å². The van der Waals surface area contributed by atoms with E-state index in [-0.39, 0.29) is 17.7 Å². The lowest BCUT2D eigenvalue weighted by molar-refractivity contribution is -0.760. The molecule has 0 aliphatic carbocycles. The number of benzene rings is 1. The van der Waals surface area contributed by atoms with Crippen molar-refractivity contribution in [1.82, 2.24) is 5.27 Å². The van der Waals surface area contributed by atoms with Crippen molar-refractivity contribution >= 4 is 23.4 Å². The summed E-state index contributed by atoms with van der Waals surface area (Å²) in [5.41, 5.74) is 1.66. The fourth-order valence-electron chi connectivity index (χ4n) is 1.54. The average molecular weight is 266 g/mol. The Bertz CT molecular complexity index is 548.